The fraction of sp³-hybridized carbons (Fsp3) is 1.00. The average molecular weight is 108 g/mol. The van der Waals surface area contributed by atoms with Gasteiger partial charge in [-0.25, -0.2) is 0 Å². The molecule has 0 saturated carbocycles. The van der Waals surface area contributed by atoms with E-state index in [0.717, 1.165) is 0 Å². The third-order valence-corrected chi connectivity index (χ3v) is 2.68. The molecule has 1 saturated heterocycles. The van der Waals surface area contributed by atoms with Gasteiger partial charge in [-0.3, -0.25) is 0 Å². The van der Waals surface area contributed by atoms with Crippen molar-refractivity contribution in [2.24, 2.45) is 0 Å². The first kappa shape index (κ1) is 3.84. The van der Waals surface area contributed by atoms with Crippen LogP contribution in [0.4, 0.5) is 0 Å². The normalized spacial score (nSPS) is 24.0. The van der Waals surface area contributed by atoms with E-state index in [1.807, 2.05) is 21.6 Å². The van der Waals surface area contributed by atoms with E-state index < -0.39 is 0 Å². The predicted molar refractivity (Wildman–Crippen MR) is 26.8 cm³/mol. The maximum Gasteiger partial charge on any atom is 0.133 e. The van der Waals surface area contributed by atoms with E-state index in [9.17, 15) is 0 Å². The zero-order chi connectivity index (χ0) is 3.54. The summed E-state index contributed by atoms with van der Waals surface area (Å²) >= 11 is 0. The summed E-state index contributed by atoms with van der Waals surface area (Å²) in [5.74, 6) is 2.51. The van der Waals surface area contributed by atoms with E-state index >= 15 is 0 Å². The molecular formula is C2H6NS2+. The van der Waals surface area contributed by atoms with E-state index in [1.54, 1.807) is 0 Å². The molecular weight excluding hydrogens is 102 g/mol. The molecule has 1 nitrogen and oxygen atoms in total. The summed E-state index contributed by atoms with van der Waals surface area (Å²) in [6.45, 7) is 0. The standard InChI is InChI=1S/C2H5NS2/c1-3-2-5-4-1/h3H,1-2H2/p+1. The lowest BCUT2D eigenvalue weighted by atomic mass is 11.2. The van der Waals surface area contributed by atoms with Gasteiger partial charge >= 0.3 is 0 Å². The Morgan fingerprint density at radius 1 is 1.20 bits per heavy atom. The van der Waals surface area contributed by atoms with Crippen LogP contribution in [0.1, 0.15) is 0 Å². The highest BCUT2D eigenvalue weighted by molar-refractivity contribution is 8.76. The summed E-state index contributed by atoms with van der Waals surface area (Å²) in [5.41, 5.74) is 0. The van der Waals surface area contributed by atoms with Crippen LogP contribution in [0.15, 0.2) is 0 Å². The number of nitrogens with two attached hydrogens (primary N) is 1. The molecule has 0 spiro atoms. The predicted octanol–water partition coefficient (Wildman–Crippen LogP) is -0.140. The van der Waals surface area contributed by atoms with E-state index in [-0.39, 0.29) is 0 Å². The fourth-order valence-electron chi connectivity index (χ4n) is 0.241. The smallest absolute Gasteiger partial charge is 0.133 e. The molecule has 0 amide bonds. The molecule has 0 aromatic rings. The van der Waals surface area contributed by atoms with Gasteiger partial charge in [0.25, 0.3) is 0 Å². The van der Waals surface area contributed by atoms with Crippen molar-refractivity contribution in [3.05, 3.63) is 0 Å². The molecule has 2 N–H and O–H groups in total. The van der Waals surface area contributed by atoms with Crippen molar-refractivity contribution in [1.29, 1.82) is 0 Å². The molecule has 0 unspecified atom stereocenters. The Balaban J connectivity index is 2.08. The molecule has 0 atom stereocenters. The Morgan fingerprint density at radius 2 is 1.80 bits per heavy atom. The van der Waals surface area contributed by atoms with Gasteiger partial charge in [0.05, 0.1) is 0 Å². The van der Waals surface area contributed by atoms with Gasteiger partial charge in [-0.05, 0) is 21.6 Å². The van der Waals surface area contributed by atoms with Crippen molar-refractivity contribution < 1.29 is 5.32 Å². The van der Waals surface area contributed by atoms with Crippen LogP contribution < -0.4 is 5.32 Å². The number of hydrogen-bond acceptors (Lipinski definition) is 2. The Morgan fingerprint density at radius 3 is 2.00 bits per heavy atom. The molecule has 30 valence electrons. The zero-order valence-electron chi connectivity index (χ0n) is 2.81. The van der Waals surface area contributed by atoms with Gasteiger partial charge in [0, 0.05) is 0 Å². The summed E-state index contributed by atoms with van der Waals surface area (Å²) in [6.07, 6.45) is 0. The second-order valence-electron chi connectivity index (χ2n) is 0.858. The maximum atomic E-state index is 2.29. The van der Waals surface area contributed by atoms with Gasteiger partial charge in [0.2, 0.25) is 0 Å². The van der Waals surface area contributed by atoms with Crippen LogP contribution in [0.2, 0.25) is 0 Å². The van der Waals surface area contributed by atoms with Crippen molar-refractivity contribution in [3.8, 4) is 0 Å². The molecule has 1 heterocycles. The molecule has 0 aliphatic carbocycles. The van der Waals surface area contributed by atoms with Crippen molar-refractivity contribution in [2.45, 2.75) is 0 Å². The number of quaternary nitrogens is 1. The second kappa shape index (κ2) is 1.95. The van der Waals surface area contributed by atoms with Gasteiger partial charge in [-0.1, -0.05) is 0 Å². The molecule has 3 heteroatoms. The summed E-state index contributed by atoms with van der Waals surface area (Å²) < 4.78 is 0. The van der Waals surface area contributed by atoms with Crippen LogP contribution in [0.25, 0.3) is 0 Å². The third kappa shape index (κ3) is 1.03. The highest BCUT2D eigenvalue weighted by Gasteiger charge is 1.99. The second-order valence-corrected chi connectivity index (χ2v) is 3.41. The Labute approximate surface area is 39.3 Å². The highest BCUT2D eigenvalue weighted by atomic mass is 33.1. The summed E-state index contributed by atoms with van der Waals surface area (Å²) in [7, 11) is 3.87. The average Bonchev–Trinajstić information content (AvgIpc) is 1.76. The maximum absolute atomic E-state index is 2.29. The molecule has 1 aliphatic rings. The van der Waals surface area contributed by atoms with Gasteiger partial charge in [0.1, 0.15) is 11.8 Å². The zero-order valence-corrected chi connectivity index (χ0v) is 4.44. The van der Waals surface area contributed by atoms with Crippen LogP contribution in [-0.4, -0.2) is 11.8 Å². The first-order valence-corrected chi connectivity index (χ1v) is 4.05. The van der Waals surface area contributed by atoms with Crippen molar-refractivity contribution >= 4 is 21.6 Å². The van der Waals surface area contributed by atoms with Crippen LogP contribution in [0, 0.1) is 0 Å². The number of rotatable bonds is 0. The van der Waals surface area contributed by atoms with E-state index in [4.69, 9.17) is 0 Å². The van der Waals surface area contributed by atoms with E-state index in [0.29, 0.717) is 0 Å². The molecule has 1 fully saturated rings. The Kier molecular flexibility index (Phi) is 1.50. The van der Waals surface area contributed by atoms with Crippen molar-refractivity contribution in [1.82, 2.24) is 0 Å². The Hall–Kier alpha value is 0.660. The molecule has 0 radical (unpaired) electrons. The largest absolute Gasteiger partial charge is 0.328 e. The quantitative estimate of drug-likeness (QED) is 0.435. The number of hydrogen-bond donors (Lipinski definition) is 1. The van der Waals surface area contributed by atoms with Gasteiger partial charge < -0.3 is 5.32 Å². The lowest BCUT2D eigenvalue weighted by molar-refractivity contribution is -0.614. The minimum atomic E-state index is 1.25. The van der Waals surface area contributed by atoms with Gasteiger partial charge in [0.15, 0.2) is 0 Å². The molecule has 0 aromatic carbocycles. The SMILES string of the molecule is C1[NH2+]CSS1. The first-order chi connectivity index (χ1) is 2.50. The monoisotopic (exact) mass is 108 g/mol. The van der Waals surface area contributed by atoms with Crippen molar-refractivity contribution in [2.75, 3.05) is 11.8 Å². The molecule has 0 aromatic heterocycles. The topological polar surface area (TPSA) is 16.6 Å². The molecule has 5 heavy (non-hydrogen) atoms. The van der Waals surface area contributed by atoms with E-state index in [1.165, 1.54) is 11.8 Å². The fourth-order valence-corrected chi connectivity index (χ4v) is 2.17. The minimum absolute atomic E-state index is 1.25. The van der Waals surface area contributed by atoms with Gasteiger partial charge in [-0.2, -0.15) is 0 Å². The van der Waals surface area contributed by atoms with Crippen LogP contribution in [-0.2, 0) is 0 Å². The van der Waals surface area contributed by atoms with Crippen LogP contribution >= 0.6 is 21.6 Å². The lowest BCUT2D eigenvalue weighted by Crippen LogP contribution is -2.79. The van der Waals surface area contributed by atoms with Crippen LogP contribution in [0.3, 0.4) is 0 Å². The highest BCUT2D eigenvalue weighted by Crippen LogP contribution is 2.18. The lowest BCUT2D eigenvalue weighted by Gasteiger charge is -1.70. The molecule has 1 aliphatic heterocycles. The summed E-state index contributed by atoms with van der Waals surface area (Å²) in [6, 6.07) is 0. The molecule has 1 rings (SSSR count). The summed E-state index contributed by atoms with van der Waals surface area (Å²) in [5, 5.41) is 2.29. The minimum Gasteiger partial charge on any atom is -0.328 e. The molecule has 0 bridgehead atoms. The third-order valence-electron chi connectivity index (χ3n) is 0.455. The first-order valence-electron chi connectivity index (χ1n) is 1.56. The van der Waals surface area contributed by atoms with Crippen molar-refractivity contribution in [3.63, 3.8) is 0 Å². The van der Waals surface area contributed by atoms with Crippen LogP contribution in [0.5, 0.6) is 0 Å². The summed E-state index contributed by atoms with van der Waals surface area (Å²) in [4.78, 5) is 0. The van der Waals surface area contributed by atoms with Gasteiger partial charge in [-0.15, -0.1) is 0 Å². The van der Waals surface area contributed by atoms with E-state index in [2.05, 4.69) is 5.32 Å². The Bertz CT molecular complexity index is 19.2.